The molecule has 0 unspecified atom stereocenters. The Bertz CT molecular complexity index is 768. The van der Waals surface area contributed by atoms with Crippen molar-refractivity contribution in [3.8, 4) is 0 Å². The number of nitrogens with zero attached hydrogens (tertiary/aromatic N) is 3. The summed E-state index contributed by atoms with van der Waals surface area (Å²) in [5.41, 5.74) is 2.36. The lowest BCUT2D eigenvalue weighted by Gasteiger charge is -1.97. The van der Waals surface area contributed by atoms with Crippen molar-refractivity contribution in [3.05, 3.63) is 54.1 Å². The molecule has 0 aliphatic rings. The van der Waals surface area contributed by atoms with Gasteiger partial charge < -0.3 is 0 Å². The van der Waals surface area contributed by atoms with E-state index in [4.69, 9.17) is 0 Å². The van der Waals surface area contributed by atoms with Crippen molar-refractivity contribution in [1.82, 2.24) is 0 Å². The van der Waals surface area contributed by atoms with Gasteiger partial charge in [-0.2, -0.15) is 15.0 Å². The predicted molar refractivity (Wildman–Crippen MR) is 81.0 cm³/mol. The zero-order valence-corrected chi connectivity index (χ0v) is 11.7. The van der Waals surface area contributed by atoms with Crippen molar-refractivity contribution in [2.24, 2.45) is 15.0 Å². The molecule has 2 aromatic rings. The smallest absolute Gasteiger partial charge is 0.211 e. The Morgan fingerprint density at radius 1 is 0.727 bits per heavy atom. The molecule has 22 heavy (non-hydrogen) atoms. The molecule has 0 aromatic heterocycles. The summed E-state index contributed by atoms with van der Waals surface area (Å²) >= 11 is 0. The fourth-order valence-corrected chi connectivity index (χ4v) is 1.44. The van der Waals surface area contributed by atoms with Gasteiger partial charge in [0.25, 0.3) is 0 Å². The van der Waals surface area contributed by atoms with Crippen LogP contribution in [0, 0.1) is 6.92 Å². The normalized spacial score (nSPS) is 8.23. The highest BCUT2D eigenvalue weighted by Gasteiger charge is 1.97. The Balaban J connectivity index is 0.000000235. The van der Waals surface area contributed by atoms with Crippen LogP contribution in [0.25, 0.3) is 0 Å². The SMILES string of the molecule is Cc1ccc(N=C=O)cc1N=C=O.O=C=Nc1ccccc1. The standard InChI is InChI=1S/C9H6N2O2.C7H5NO/c1-7-2-3-8(10-5-12)4-9(7)11-6-13;9-6-8-7-4-2-1-3-5-7/h2-4H,1H3;1-5H. The summed E-state index contributed by atoms with van der Waals surface area (Å²) < 4.78 is 0. The first-order chi connectivity index (χ1) is 10.7. The van der Waals surface area contributed by atoms with E-state index in [0.717, 1.165) is 5.56 Å². The van der Waals surface area contributed by atoms with Crippen LogP contribution in [0.1, 0.15) is 5.56 Å². The zero-order valence-electron chi connectivity index (χ0n) is 11.7. The summed E-state index contributed by atoms with van der Waals surface area (Å²) in [5.74, 6) is 0. The second kappa shape index (κ2) is 9.48. The molecule has 0 N–H and O–H groups in total. The molecule has 2 aromatic carbocycles. The molecule has 6 heteroatoms. The van der Waals surface area contributed by atoms with Crippen LogP contribution >= 0.6 is 0 Å². The second-order valence-electron chi connectivity index (χ2n) is 3.92. The summed E-state index contributed by atoms with van der Waals surface area (Å²) in [6, 6.07) is 13.9. The molecule has 0 saturated carbocycles. The molecule has 0 spiro atoms. The maximum Gasteiger partial charge on any atom is 0.240 e. The molecular formula is C16H11N3O3. The highest BCUT2D eigenvalue weighted by Crippen LogP contribution is 2.23. The van der Waals surface area contributed by atoms with Gasteiger partial charge >= 0.3 is 0 Å². The summed E-state index contributed by atoms with van der Waals surface area (Å²) in [4.78, 5) is 39.9. The molecule has 0 heterocycles. The molecule has 108 valence electrons. The van der Waals surface area contributed by atoms with E-state index in [1.807, 2.05) is 18.2 Å². The van der Waals surface area contributed by atoms with Crippen LogP contribution < -0.4 is 0 Å². The Hall–Kier alpha value is -3.42. The van der Waals surface area contributed by atoms with E-state index in [9.17, 15) is 14.4 Å². The van der Waals surface area contributed by atoms with E-state index in [0.29, 0.717) is 17.1 Å². The Morgan fingerprint density at radius 2 is 1.32 bits per heavy atom. The van der Waals surface area contributed by atoms with Gasteiger partial charge in [-0.05, 0) is 36.8 Å². The fraction of sp³-hybridized carbons (Fsp3) is 0.0625. The van der Waals surface area contributed by atoms with Gasteiger partial charge in [-0.1, -0.05) is 24.3 Å². The first-order valence-corrected chi connectivity index (χ1v) is 6.10. The monoisotopic (exact) mass is 293 g/mol. The highest BCUT2D eigenvalue weighted by atomic mass is 16.1. The summed E-state index contributed by atoms with van der Waals surface area (Å²) in [5, 5.41) is 0. The molecule has 0 radical (unpaired) electrons. The maximum atomic E-state index is 10.00. The van der Waals surface area contributed by atoms with Crippen LogP contribution in [0.15, 0.2) is 63.5 Å². The molecule has 2 rings (SSSR count). The van der Waals surface area contributed by atoms with E-state index >= 15 is 0 Å². The van der Waals surface area contributed by atoms with E-state index in [1.165, 1.54) is 24.3 Å². The van der Waals surface area contributed by atoms with Gasteiger partial charge in [-0.15, -0.1) is 0 Å². The minimum atomic E-state index is 0.426. The molecule has 0 atom stereocenters. The predicted octanol–water partition coefficient (Wildman–Crippen LogP) is 3.58. The number of benzene rings is 2. The van der Waals surface area contributed by atoms with Crippen molar-refractivity contribution in [3.63, 3.8) is 0 Å². The number of para-hydroxylation sites is 1. The topological polar surface area (TPSA) is 88.3 Å². The summed E-state index contributed by atoms with van der Waals surface area (Å²) in [6.45, 7) is 1.80. The first kappa shape index (κ1) is 16.6. The lowest BCUT2D eigenvalue weighted by Crippen LogP contribution is -1.73. The number of aryl methyl sites for hydroxylation is 1. The van der Waals surface area contributed by atoms with Crippen molar-refractivity contribution in [1.29, 1.82) is 0 Å². The lowest BCUT2D eigenvalue weighted by atomic mass is 10.2. The third-order valence-corrected chi connectivity index (χ3v) is 2.46. The Morgan fingerprint density at radius 3 is 1.91 bits per heavy atom. The number of hydrogen-bond acceptors (Lipinski definition) is 6. The molecular weight excluding hydrogens is 282 g/mol. The van der Waals surface area contributed by atoms with Crippen molar-refractivity contribution in [2.45, 2.75) is 6.92 Å². The third kappa shape index (κ3) is 5.70. The first-order valence-electron chi connectivity index (χ1n) is 6.10. The molecule has 0 fully saturated rings. The zero-order chi connectivity index (χ0) is 16.2. The minimum absolute atomic E-state index is 0.426. The minimum Gasteiger partial charge on any atom is -0.211 e. The Labute approximate surface area is 126 Å². The van der Waals surface area contributed by atoms with Gasteiger partial charge in [-0.3, -0.25) is 0 Å². The summed E-state index contributed by atoms with van der Waals surface area (Å²) in [6.07, 6.45) is 4.30. The number of isocyanates is 3. The van der Waals surface area contributed by atoms with Crippen LogP contribution in [-0.2, 0) is 14.4 Å². The number of rotatable bonds is 3. The lowest BCUT2D eigenvalue weighted by molar-refractivity contribution is 0.564. The average molecular weight is 293 g/mol. The molecule has 0 bridgehead atoms. The van der Waals surface area contributed by atoms with Crippen LogP contribution in [0.2, 0.25) is 0 Å². The maximum absolute atomic E-state index is 10.00. The number of aliphatic imine (C=N–C) groups is 3. The third-order valence-electron chi connectivity index (χ3n) is 2.46. The van der Waals surface area contributed by atoms with Crippen LogP contribution in [0.5, 0.6) is 0 Å². The van der Waals surface area contributed by atoms with Crippen LogP contribution in [0.4, 0.5) is 17.1 Å². The molecule has 0 saturated heterocycles. The number of hydrogen-bond donors (Lipinski definition) is 0. The van der Waals surface area contributed by atoms with Gasteiger partial charge in [0.2, 0.25) is 18.2 Å². The van der Waals surface area contributed by atoms with Crippen molar-refractivity contribution >= 4 is 35.3 Å². The van der Waals surface area contributed by atoms with Gasteiger partial charge in [-0.25, -0.2) is 14.4 Å². The van der Waals surface area contributed by atoms with E-state index < -0.39 is 0 Å². The van der Waals surface area contributed by atoms with Gasteiger partial charge in [0.05, 0.1) is 17.1 Å². The molecule has 0 aliphatic carbocycles. The largest absolute Gasteiger partial charge is 0.240 e. The average Bonchev–Trinajstić information content (AvgIpc) is 2.53. The van der Waals surface area contributed by atoms with Crippen molar-refractivity contribution in [2.75, 3.05) is 0 Å². The second-order valence-corrected chi connectivity index (χ2v) is 3.92. The van der Waals surface area contributed by atoms with Gasteiger partial charge in [0, 0.05) is 0 Å². The highest BCUT2D eigenvalue weighted by molar-refractivity contribution is 5.61. The van der Waals surface area contributed by atoms with Crippen molar-refractivity contribution < 1.29 is 14.4 Å². The molecule has 0 aliphatic heterocycles. The fourth-order valence-electron chi connectivity index (χ4n) is 1.44. The van der Waals surface area contributed by atoms with Crippen LogP contribution in [-0.4, -0.2) is 18.2 Å². The summed E-state index contributed by atoms with van der Waals surface area (Å²) in [7, 11) is 0. The quantitative estimate of drug-likeness (QED) is 0.640. The molecule has 0 amide bonds. The Kier molecular flexibility index (Phi) is 7.17. The van der Waals surface area contributed by atoms with Gasteiger partial charge in [0.1, 0.15) is 0 Å². The van der Waals surface area contributed by atoms with E-state index in [-0.39, 0.29) is 0 Å². The van der Waals surface area contributed by atoms with E-state index in [1.54, 1.807) is 31.2 Å². The number of carbonyl (C=O) groups excluding carboxylic acids is 3. The van der Waals surface area contributed by atoms with Gasteiger partial charge in [0.15, 0.2) is 0 Å². The molecule has 6 nitrogen and oxygen atoms in total. The van der Waals surface area contributed by atoms with E-state index in [2.05, 4.69) is 15.0 Å². The van der Waals surface area contributed by atoms with Crippen LogP contribution in [0.3, 0.4) is 0 Å².